The second-order valence-corrected chi connectivity index (χ2v) is 6.90. The molecular formula is C18H25F3N4O2. The van der Waals surface area contributed by atoms with Crippen molar-refractivity contribution in [2.24, 2.45) is 5.92 Å². The lowest BCUT2D eigenvalue weighted by Gasteiger charge is -2.30. The predicted molar refractivity (Wildman–Crippen MR) is 96.1 cm³/mol. The Kier molecular flexibility index (Phi) is 6.08. The van der Waals surface area contributed by atoms with E-state index in [0.717, 1.165) is 12.8 Å². The molecule has 2 aliphatic heterocycles. The van der Waals surface area contributed by atoms with Crippen molar-refractivity contribution in [3.63, 3.8) is 0 Å². The summed E-state index contributed by atoms with van der Waals surface area (Å²) in [5.41, 5.74) is 1.23. The quantitative estimate of drug-likeness (QED) is 0.762. The first-order chi connectivity index (χ1) is 12.9. The Morgan fingerprint density at radius 2 is 2.15 bits per heavy atom. The van der Waals surface area contributed by atoms with Crippen molar-refractivity contribution in [2.45, 2.75) is 32.4 Å². The second kappa shape index (κ2) is 8.33. The largest absolute Gasteiger partial charge is 0.393 e. The summed E-state index contributed by atoms with van der Waals surface area (Å²) >= 11 is 0. The summed E-state index contributed by atoms with van der Waals surface area (Å²) in [6.45, 7) is 4.34. The Hall–Kier alpha value is -2.03. The molecule has 27 heavy (non-hydrogen) atoms. The number of pyridine rings is 1. The van der Waals surface area contributed by atoms with Gasteiger partial charge in [-0.25, -0.2) is 4.98 Å². The number of nitrogens with one attached hydrogen (secondary N) is 2. The van der Waals surface area contributed by atoms with Crippen molar-refractivity contribution in [1.82, 2.24) is 9.88 Å². The fraction of sp³-hybridized carbons (Fsp3) is 0.667. The minimum absolute atomic E-state index is 0.153. The maximum Gasteiger partial charge on any atom is 0.393 e. The molecule has 3 rings (SSSR count). The summed E-state index contributed by atoms with van der Waals surface area (Å²) in [4.78, 5) is 18.8. The fourth-order valence-electron chi connectivity index (χ4n) is 3.30. The number of morpholine rings is 1. The van der Waals surface area contributed by atoms with Gasteiger partial charge in [0.1, 0.15) is 5.69 Å². The number of fused-ring (bicyclic) bond motifs is 1. The van der Waals surface area contributed by atoms with Gasteiger partial charge in [0.2, 0.25) is 0 Å². The SMILES string of the molecule is CCCCNc1nc(C(=O)N2CCOCC2)cc2c1NCC(C(F)(F)F)C2. The Bertz CT molecular complexity index is 675. The van der Waals surface area contributed by atoms with Crippen molar-refractivity contribution in [3.8, 4) is 0 Å². The van der Waals surface area contributed by atoms with Gasteiger partial charge in [0.15, 0.2) is 5.82 Å². The van der Waals surface area contributed by atoms with Crippen molar-refractivity contribution >= 4 is 17.4 Å². The van der Waals surface area contributed by atoms with Crippen molar-refractivity contribution in [3.05, 3.63) is 17.3 Å². The van der Waals surface area contributed by atoms with E-state index in [2.05, 4.69) is 22.5 Å². The lowest BCUT2D eigenvalue weighted by molar-refractivity contribution is -0.170. The van der Waals surface area contributed by atoms with Crippen LogP contribution in [0.2, 0.25) is 0 Å². The number of aromatic nitrogens is 1. The van der Waals surface area contributed by atoms with Gasteiger partial charge < -0.3 is 20.3 Å². The molecule has 1 atom stereocenters. The number of alkyl halides is 3. The average Bonchev–Trinajstić information content (AvgIpc) is 2.67. The number of nitrogens with zero attached hydrogens (tertiary/aromatic N) is 2. The van der Waals surface area contributed by atoms with Gasteiger partial charge in [-0.05, 0) is 24.5 Å². The van der Waals surface area contributed by atoms with Crippen LogP contribution in [0.5, 0.6) is 0 Å². The van der Waals surface area contributed by atoms with Crippen LogP contribution in [-0.4, -0.2) is 61.4 Å². The van der Waals surface area contributed by atoms with Gasteiger partial charge in [-0.3, -0.25) is 4.79 Å². The van der Waals surface area contributed by atoms with Crippen LogP contribution in [-0.2, 0) is 11.2 Å². The first kappa shape index (κ1) is 19.7. The molecule has 150 valence electrons. The van der Waals surface area contributed by atoms with Crippen LogP contribution in [0.25, 0.3) is 0 Å². The molecule has 6 nitrogen and oxygen atoms in total. The van der Waals surface area contributed by atoms with Crippen molar-refractivity contribution in [1.29, 1.82) is 0 Å². The number of hydrogen-bond acceptors (Lipinski definition) is 5. The molecule has 0 saturated carbocycles. The minimum atomic E-state index is -4.28. The van der Waals surface area contributed by atoms with E-state index in [1.807, 2.05) is 0 Å². The van der Waals surface area contributed by atoms with E-state index < -0.39 is 12.1 Å². The molecule has 1 aromatic heterocycles. The molecule has 0 aliphatic carbocycles. The minimum Gasteiger partial charge on any atom is -0.381 e. The first-order valence-corrected chi connectivity index (χ1v) is 9.35. The lowest BCUT2D eigenvalue weighted by atomic mass is 9.93. The zero-order valence-electron chi connectivity index (χ0n) is 15.4. The highest BCUT2D eigenvalue weighted by Gasteiger charge is 2.42. The zero-order valence-corrected chi connectivity index (χ0v) is 15.4. The molecule has 1 unspecified atom stereocenters. The standard InChI is InChI=1S/C18H25F3N4O2/c1-2-3-4-22-16-15-12(9-13(11-23-15)18(19,20)21)10-14(24-16)17(26)25-5-7-27-8-6-25/h10,13,23H,2-9,11H2,1H3,(H,22,24). The fourth-order valence-corrected chi connectivity index (χ4v) is 3.30. The maximum atomic E-state index is 13.2. The number of halogens is 3. The van der Waals surface area contributed by atoms with Crippen molar-refractivity contribution in [2.75, 3.05) is 50.0 Å². The number of amides is 1. The number of anilines is 2. The lowest BCUT2D eigenvalue weighted by Crippen LogP contribution is -2.41. The number of carbonyl (C=O) groups excluding carboxylic acids is 1. The molecule has 1 fully saturated rings. The van der Waals surface area contributed by atoms with E-state index in [-0.39, 0.29) is 24.6 Å². The van der Waals surface area contributed by atoms with Gasteiger partial charge in [-0.15, -0.1) is 0 Å². The van der Waals surface area contributed by atoms with Crippen LogP contribution < -0.4 is 10.6 Å². The number of unbranched alkanes of at least 4 members (excludes halogenated alkanes) is 1. The highest BCUT2D eigenvalue weighted by molar-refractivity contribution is 5.94. The third-order valence-corrected chi connectivity index (χ3v) is 4.90. The van der Waals surface area contributed by atoms with Crippen molar-refractivity contribution < 1.29 is 22.7 Å². The van der Waals surface area contributed by atoms with E-state index in [9.17, 15) is 18.0 Å². The summed E-state index contributed by atoms with van der Waals surface area (Å²) in [6, 6.07) is 1.50. The second-order valence-electron chi connectivity index (χ2n) is 6.90. The molecule has 1 aromatic rings. The maximum absolute atomic E-state index is 13.2. The number of hydrogen-bond donors (Lipinski definition) is 2. The molecule has 0 aromatic carbocycles. The number of rotatable bonds is 5. The molecule has 2 N–H and O–H groups in total. The van der Waals surface area contributed by atoms with Crippen LogP contribution in [0.1, 0.15) is 35.8 Å². The topological polar surface area (TPSA) is 66.5 Å². The van der Waals surface area contributed by atoms with E-state index in [4.69, 9.17) is 4.74 Å². The Morgan fingerprint density at radius 1 is 1.41 bits per heavy atom. The summed E-state index contributed by atoms with van der Waals surface area (Å²) in [5.74, 6) is -1.28. The summed E-state index contributed by atoms with van der Waals surface area (Å²) in [7, 11) is 0. The summed E-state index contributed by atoms with van der Waals surface area (Å²) < 4.78 is 44.8. The molecule has 0 spiro atoms. The third-order valence-electron chi connectivity index (χ3n) is 4.90. The number of ether oxygens (including phenoxy) is 1. The van der Waals surface area contributed by atoms with E-state index in [0.29, 0.717) is 49.9 Å². The summed E-state index contributed by atoms with van der Waals surface area (Å²) in [5, 5.41) is 6.05. The molecule has 3 heterocycles. The van der Waals surface area contributed by atoms with E-state index in [1.54, 1.807) is 4.90 Å². The van der Waals surface area contributed by atoms with Gasteiger partial charge in [-0.1, -0.05) is 13.3 Å². The molecular weight excluding hydrogens is 361 g/mol. The van der Waals surface area contributed by atoms with Crippen LogP contribution in [0.3, 0.4) is 0 Å². The smallest absolute Gasteiger partial charge is 0.381 e. The van der Waals surface area contributed by atoms with Gasteiger partial charge in [0, 0.05) is 26.2 Å². The molecule has 1 amide bonds. The predicted octanol–water partition coefficient (Wildman–Crippen LogP) is 2.91. The Labute approximate surface area is 156 Å². The van der Waals surface area contributed by atoms with E-state index >= 15 is 0 Å². The van der Waals surface area contributed by atoms with Gasteiger partial charge in [0.05, 0.1) is 24.8 Å². The monoisotopic (exact) mass is 386 g/mol. The summed E-state index contributed by atoms with van der Waals surface area (Å²) in [6.07, 6.45) is -2.55. The third kappa shape index (κ3) is 4.63. The van der Waals surface area contributed by atoms with Crippen LogP contribution in [0.15, 0.2) is 6.07 Å². The normalized spacial score (nSPS) is 20.0. The molecule has 9 heteroatoms. The zero-order chi connectivity index (χ0) is 19.4. The molecule has 0 bridgehead atoms. The Morgan fingerprint density at radius 3 is 2.81 bits per heavy atom. The molecule has 1 saturated heterocycles. The van der Waals surface area contributed by atoms with Gasteiger partial charge >= 0.3 is 6.18 Å². The Balaban J connectivity index is 1.89. The molecule has 0 radical (unpaired) electrons. The van der Waals surface area contributed by atoms with Gasteiger partial charge in [0.25, 0.3) is 5.91 Å². The van der Waals surface area contributed by atoms with Gasteiger partial charge in [-0.2, -0.15) is 13.2 Å². The van der Waals surface area contributed by atoms with E-state index in [1.165, 1.54) is 6.07 Å². The highest BCUT2D eigenvalue weighted by atomic mass is 19.4. The average molecular weight is 386 g/mol. The first-order valence-electron chi connectivity index (χ1n) is 9.35. The van der Waals surface area contributed by atoms with Crippen LogP contribution in [0, 0.1) is 5.92 Å². The van der Waals surface area contributed by atoms with Crippen LogP contribution in [0.4, 0.5) is 24.7 Å². The molecule has 2 aliphatic rings. The number of carbonyl (C=O) groups is 1. The highest BCUT2D eigenvalue weighted by Crippen LogP contribution is 2.38. The van der Waals surface area contributed by atoms with Crippen LogP contribution >= 0.6 is 0 Å².